The zero-order valence-corrected chi connectivity index (χ0v) is 15.2. The van der Waals surface area contributed by atoms with E-state index in [0.29, 0.717) is 0 Å². The summed E-state index contributed by atoms with van der Waals surface area (Å²) >= 11 is 0. The Morgan fingerprint density at radius 3 is 2.78 bits per heavy atom. The first-order valence-electron chi connectivity index (χ1n) is 9.04. The number of carbonyl (C=O) groups excluding carboxylic acids is 1. The van der Waals surface area contributed by atoms with Crippen molar-refractivity contribution in [2.24, 2.45) is 0 Å². The van der Waals surface area contributed by atoms with Crippen molar-refractivity contribution in [1.29, 1.82) is 0 Å². The number of aromatic nitrogens is 3. The van der Waals surface area contributed by atoms with E-state index >= 15 is 0 Å². The van der Waals surface area contributed by atoms with Crippen LogP contribution in [0.3, 0.4) is 0 Å². The van der Waals surface area contributed by atoms with Gasteiger partial charge in [-0.25, -0.2) is 14.5 Å². The number of pyridine rings is 1. The van der Waals surface area contributed by atoms with Gasteiger partial charge in [-0.05, 0) is 43.7 Å². The van der Waals surface area contributed by atoms with E-state index < -0.39 is 0 Å². The highest BCUT2D eigenvalue weighted by atomic mass is 16.2. The summed E-state index contributed by atoms with van der Waals surface area (Å²) in [5.74, 6) is 0.946. The van der Waals surface area contributed by atoms with E-state index in [2.05, 4.69) is 25.6 Å². The minimum absolute atomic E-state index is 0.0890. The third-order valence-corrected chi connectivity index (χ3v) is 4.62. The van der Waals surface area contributed by atoms with E-state index in [1.807, 2.05) is 61.7 Å². The van der Waals surface area contributed by atoms with Crippen molar-refractivity contribution >= 4 is 17.5 Å². The van der Waals surface area contributed by atoms with Gasteiger partial charge in [-0.2, -0.15) is 5.10 Å². The lowest BCUT2D eigenvalue weighted by Crippen LogP contribution is -2.40. The molecule has 0 aliphatic carbocycles. The molecule has 4 rings (SSSR count). The number of aryl methyl sites for hydroxylation is 1. The molecule has 1 atom stereocenters. The molecule has 2 N–H and O–H groups in total. The molecule has 1 saturated heterocycles. The van der Waals surface area contributed by atoms with Crippen molar-refractivity contribution in [2.75, 3.05) is 23.3 Å². The van der Waals surface area contributed by atoms with Crippen LogP contribution in [0.4, 0.5) is 16.3 Å². The number of nitrogens with one attached hydrogen (secondary N) is 2. The summed E-state index contributed by atoms with van der Waals surface area (Å²) in [5.41, 5.74) is 2.48. The fourth-order valence-electron chi connectivity index (χ4n) is 3.30. The number of nitrogens with zero attached hydrogens (tertiary/aromatic N) is 4. The molecule has 2 amide bonds. The smallest absolute Gasteiger partial charge is 0.319 e. The van der Waals surface area contributed by atoms with Crippen LogP contribution in [0.1, 0.15) is 12.1 Å². The molecule has 0 bridgehead atoms. The molecule has 2 aromatic heterocycles. The predicted octanol–water partition coefficient (Wildman–Crippen LogP) is 2.98. The van der Waals surface area contributed by atoms with Crippen LogP contribution in [-0.2, 0) is 0 Å². The highest BCUT2D eigenvalue weighted by Gasteiger charge is 2.24. The minimum atomic E-state index is -0.209. The van der Waals surface area contributed by atoms with Gasteiger partial charge in [0.1, 0.15) is 5.82 Å². The second kappa shape index (κ2) is 7.49. The van der Waals surface area contributed by atoms with Crippen molar-refractivity contribution < 1.29 is 4.79 Å². The Morgan fingerprint density at radius 1 is 1.15 bits per heavy atom. The lowest BCUT2D eigenvalue weighted by molar-refractivity contribution is 0.249. The molecule has 0 spiro atoms. The Balaban J connectivity index is 1.39. The molecule has 7 nitrogen and oxygen atoms in total. The summed E-state index contributed by atoms with van der Waals surface area (Å²) in [4.78, 5) is 19.1. The molecule has 3 aromatic rings. The summed E-state index contributed by atoms with van der Waals surface area (Å²) < 4.78 is 1.77. The van der Waals surface area contributed by atoms with E-state index in [4.69, 9.17) is 0 Å². The summed E-state index contributed by atoms with van der Waals surface area (Å²) in [6.07, 6.45) is 4.57. The molecule has 7 heteroatoms. The lowest BCUT2D eigenvalue weighted by atomic mass is 10.2. The van der Waals surface area contributed by atoms with Crippen molar-refractivity contribution in [2.45, 2.75) is 19.4 Å². The van der Waals surface area contributed by atoms with Crippen molar-refractivity contribution in [3.63, 3.8) is 0 Å². The summed E-state index contributed by atoms with van der Waals surface area (Å²) in [6, 6.07) is 15.3. The molecule has 1 aromatic carbocycles. The average Bonchev–Trinajstić information content (AvgIpc) is 3.32. The first-order valence-corrected chi connectivity index (χ1v) is 9.04. The third kappa shape index (κ3) is 3.92. The van der Waals surface area contributed by atoms with Crippen LogP contribution in [0, 0.1) is 6.92 Å². The van der Waals surface area contributed by atoms with E-state index in [9.17, 15) is 4.79 Å². The standard InChI is InChI=1S/C20H22N6O/c1-15-9-13-26(24-15)18-7-3-2-6-17(18)23-20(27)22-16-10-12-25(14-16)19-8-4-5-11-21-19/h2-9,11,13,16H,10,12,14H2,1H3,(H2,22,23,27). The SMILES string of the molecule is Cc1ccn(-c2ccccc2NC(=O)NC2CCN(c3ccccn3)C2)n1. The van der Waals surface area contributed by atoms with Gasteiger partial charge in [-0.1, -0.05) is 18.2 Å². The maximum Gasteiger partial charge on any atom is 0.319 e. The molecule has 3 heterocycles. The molecule has 1 aliphatic rings. The molecule has 1 unspecified atom stereocenters. The normalized spacial score (nSPS) is 16.3. The van der Waals surface area contributed by atoms with E-state index in [-0.39, 0.29) is 12.1 Å². The van der Waals surface area contributed by atoms with Crippen molar-refractivity contribution in [3.05, 3.63) is 66.6 Å². The number of hydrogen-bond donors (Lipinski definition) is 2. The molecule has 1 aliphatic heterocycles. The van der Waals surface area contributed by atoms with Crippen LogP contribution in [0.25, 0.3) is 5.69 Å². The monoisotopic (exact) mass is 362 g/mol. The average molecular weight is 362 g/mol. The quantitative estimate of drug-likeness (QED) is 0.748. The summed E-state index contributed by atoms with van der Waals surface area (Å²) in [7, 11) is 0. The maximum atomic E-state index is 12.5. The number of hydrogen-bond acceptors (Lipinski definition) is 4. The molecular weight excluding hydrogens is 340 g/mol. The van der Waals surface area contributed by atoms with Crippen LogP contribution in [0.15, 0.2) is 60.9 Å². The molecular formula is C20H22N6O. The van der Waals surface area contributed by atoms with Gasteiger partial charge < -0.3 is 15.5 Å². The Hall–Kier alpha value is -3.35. The number of benzene rings is 1. The minimum Gasteiger partial charge on any atom is -0.354 e. The second-order valence-corrected chi connectivity index (χ2v) is 6.64. The van der Waals surface area contributed by atoms with Crippen LogP contribution >= 0.6 is 0 Å². The van der Waals surface area contributed by atoms with Gasteiger partial charge in [0.05, 0.1) is 17.1 Å². The first kappa shape index (κ1) is 17.1. The van der Waals surface area contributed by atoms with Gasteiger partial charge >= 0.3 is 6.03 Å². The van der Waals surface area contributed by atoms with Gasteiger partial charge in [-0.15, -0.1) is 0 Å². The van der Waals surface area contributed by atoms with Gasteiger partial charge in [0, 0.05) is 31.5 Å². The number of para-hydroxylation sites is 2. The molecule has 138 valence electrons. The van der Waals surface area contributed by atoms with E-state index in [0.717, 1.165) is 42.4 Å². The van der Waals surface area contributed by atoms with Crippen LogP contribution in [-0.4, -0.2) is 39.9 Å². The fraction of sp³-hybridized carbons (Fsp3) is 0.250. The Labute approximate surface area is 158 Å². The summed E-state index contributed by atoms with van der Waals surface area (Å²) in [6.45, 7) is 3.57. The first-order chi connectivity index (χ1) is 13.2. The van der Waals surface area contributed by atoms with Crippen molar-refractivity contribution in [3.8, 4) is 5.69 Å². The lowest BCUT2D eigenvalue weighted by Gasteiger charge is -2.18. The van der Waals surface area contributed by atoms with E-state index in [1.54, 1.807) is 10.9 Å². The molecule has 0 saturated carbocycles. The van der Waals surface area contributed by atoms with Crippen LogP contribution in [0.5, 0.6) is 0 Å². The topological polar surface area (TPSA) is 75.1 Å². The van der Waals surface area contributed by atoms with Gasteiger partial charge in [0.25, 0.3) is 0 Å². The van der Waals surface area contributed by atoms with Gasteiger partial charge in [0.2, 0.25) is 0 Å². The predicted molar refractivity (Wildman–Crippen MR) is 105 cm³/mol. The zero-order valence-electron chi connectivity index (χ0n) is 15.2. The highest BCUT2D eigenvalue weighted by Crippen LogP contribution is 2.20. The third-order valence-electron chi connectivity index (χ3n) is 4.62. The molecule has 0 radical (unpaired) electrons. The van der Waals surface area contributed by atoms with Crippen LogP contribution < -0.4 is 15.5 Å². The Kier molecular flexibility index (Phi) is 4.74. The van der Waals surface area contributed by atoms with Gasteiger partial charge in [-0.3, -0.25) is 0 Å². The number of rotatable bonds is 4. The molecule has 27 heavy (non-hydrogen) atoms. The van der Waals surface area contributed by atoms with Gasteiger partial charge in [0.15, 0.2) is 0 Å². The van der Waals surface area contributed by atoms with Crippen LogP contribution in [0.2, 0.25) is 0 Å². The number of anilines is 2. The maximum absolute atomic E-state index is 12.5. The fourth-order valence-corrected chi connectivity index (χ4v) is 3.30. The highest BCUT2D eigenvalue weighted by molar-refractivity contribution is 5.91. The van der Waals surface area contributed by atoms with Crippen molar-refractivity contribution in [1.82, 2.24) is 20.1 Å². The summed E-state index contributed by atoms with van der Waals surface area (Å²) in [5, 5.41) is 10.4. The van der Waals surface area contributed by atoms with E-state index in [1.165, 1.54) is 0 Å². The number of urea groups is 1. The number of carbonyl (C=O) groups is 1. The largest absolute Gasteiger partial charge is 0.354 e. The second-order valence-electron chi connectivity index (χ2n) is 6.64. The number of amides is 2. The Bertz CT molecular complexity index is 923. The molecule has 1 fully saturated rings. The zero-order chi connectivity index (χ0) is 18.6. The Morgan fingerprint density at radius 2 is 2.00 bits per heavy atom.